The van der Waals surface area contributed by atoms with Crippen molar-refractivity contribution in [2.75, 3.05) is 26.7 Å². The standard InChI is InChI=1S/C59H101N11O10/c1-16-17-18-19-20-24-28-42(63-52(76)46-29-25-32-70(46)53(77)41-26-22-21-23-27-41)48(72)64-44(34-38(4)5)50(74)67-58(11,12)55(79)66-43(33-37(2)3)49(73)65-45(35-39(6)7)51(75)68-59(13,14)56(80)69-57(9,10)54(78)61-31-30-47(71)62-40(8)36-60-15/h21-23,26-27,37-40,42-46,60H,16-20,24-25,28-36H2,1-15H3,(H,61,78)(H,62,71)(H,63,76)(H,64,72)(H,65,73)(H,66,79)(H,67,74)(H,68,75)(H,69,80)/t40-,42-,43-,44-,45-,46-/m0/s1. The first kappa shape index (κ1) is 70.0. The van der Waals surface area contributed by atoms with Gasteiger partial charge in [0.25, 0.3) is 5.91 Å². The van der Waals surface area contributed by atoms with Crippen molar-refractivity contribution in [3.8, 4) is 0 Å². The lowest BCUT2D eigenvalue weighted by Crippen LogP contribution is -2.65. The fourth-order valence-electron chi connectivity index (χ4n) is 9.30. The number of rotatable bonds is 35. The van der Waals surface area contributed by atoms with E-state index in [0.717, 1.165) is 32.1 Å². The van der Waals surface area contributed by atoms with Crippen molar-refractivity contribution in [1.29, 1.82) is 0 Å². The maximum Gasteiger partial charge on any atom is 0.254 e. The van der Waals surface area contributed by atoms with Crippen molar-refractivity contribution >= 4 is 59.1 Å². The SMILES string of the molecule is CCCCCCCC[C@H](NC(=O)[C@@H]1CCCN1C(=O)c1ccccc1)C(=O)N[C@@H](CC(C)C)C(=O)NC(C)(C)C(=O)N[C@@H](CC(C)C)C(=O)N[C@@H](CC(C)C)C(=O)NC(C)(C)C(=O)NC(C)(C)C(=O)NCCC(=O)N[C@@H](C)CNC. The quantitative estimate of drug-likeness (QED) is 0.0433. The van der Waals surface area contributed by atoms with Crippen LogP contribution in [0.4, 0.5) is 0 Å². The monoisotopic (exact) mass is 1120 g/mol. The Hall–Kier alpha value is -6.12. The van der Waals surface area contributed by atoms with Gasteiger partial charge in [0.2, 0.25) is 53.2 Å². The van der Waals surface area contributed by atoms with Gasteiger partial charge < -0.3 is 58.1 Å². The molecule has 1 aliphatic heterocycles. The Morgan fingerprint density at radius 3 is 1.57 bits per heavy atom. The van der Waals surface area contributed by atoms with Crippen LogP contribution in [0.1, 0.15) is 191 Å². The zero-order chi connectivity index (χ0) is 60.5. The summed E-state index contributed by atoms with van der Waals surface area (Å²) in [6.45, 7) is 25.1. The second-order valence-corrected chi connectivity index (χ2v) is 24.5. The molecule has 2 rings (SSSR count). The Labute approximate surface area is 477 Å². The Morgan fingerprint density at radius 1 is 0.562 bits per heavy atom. The van der Waals surface area contributed by atoms with E-state index in [4.69, 9.17) is 0 Å². The highest BCUT2D eigenvalue weighted by Crippen LogP contribution is 2.22. The Balaban J connectivity index is 2.25. The van der Waals surface area contributed by atoms with Crippen molar-refractivity contribution in [1.82, 2.24) is 58.1 Å². The third kappa shape index (κ3) is 24.3. The van der Waals surface area contributed by atoms with Crippen LogP contribution in [0.15, 0.2) is 30.3 Å². The van der Waals surface area contributed by atoms with Crippen molar-refractivity contribution < 1.29 is 47.9 Å². The molecule has 0 aromatic heterocycles. The summed E-state index contributed by atoms with van der Waals surface area (Å²) < 4.78 is 0. The van der Waals surface area contributed by atoms with E-state index < -0.39 is 94.1 Å². The lowest BCUT2D eigenvalue weighted by atomic mass is 9.96. The van der Waals surface area contributed by atoms with Gasteiger partial charge in [0.1, 0.15) is 46.8 Å². The minimum Gasteiger partial charge on any atom is -0.354 e. The van der Waals surface area contributed by atoms with E-state index in [2.05, 4.69) is 60.1 Å². The van der Waals surface area contributed by atoms with Crippen LogP contribution in [-0.4, -0.2) is 144 Å². The molecular weight excluding hydrogens is 1020 g/mol. The van der Waals surface area contributed by atoms with Gasteiger partial charge in [-0.25, -0.2) is 0 Å². The van der Waals surface area contributed by atoms with Gasteiger partial charge in [-0.2, -0.15) is 0 Å². The molecule has 1 aromatic rings. The summed E-state index contributed by atoms with van der Waals surface area (Å²) in [7, 11) is 1.77. The number of likely N-dealkylation sites (tertiary alicyclic amines) is 1. The number of nitrogens with zero attached hydrogens (tertiary/aromatic N) is 1. The van der Waals surface area contributed by atoms with E-state index in [-0.39, 0.29) is 67.8 Å². The summed E-state index contributed by atoms with van der Waals surface area (Å²) >= 11 is 0. The minimum atomic E-state index is -1.63. The van der Waals surface area contributed by atoms with Gasteiger partial charge in [0.15, 0.2) is 0 Å². The Kier molecular flexibility index (Phi) is 29.4. The first-order valence-corrected chi connectivity index (χ1v) is 29.1. The molecule has 10 amide bonds. The first-order valence-electron chi connectivity index (χ1n) is 29.1. The molecule has 21 nitrogen and oxygen atoms in total. The van der Waals surface area contributed by atoms with Gasteiger partial charge >= 0.3 is 0 Å². The highest BCUT2D eigenvalue weighted by Gasteiger charge is 2.41. The predicted molar refractivity (Wildman–Crippen MR) is 310 cm³/mol. The molecule has 0 spiro atoms. The zero-order valence-corrected chi connectivity index (χ0v) is 50.9. The number of nitrogens with one attached hydrogen (secondary N) is 10. The second-order valence-electron chi connectivity index (χ2n) is 24.5. The summed E-state index contributed by atoms with van der Waals surface area (Å²) in [5.74, 6) is -5.80. The zero-order valence-electron chi connectivity index (χ0n) is 50.9. The summed E-state index contributed by atoms with van der Waals surface area (Å²) in [5.41, 5.74) is -4.20. The van der Waals surface area contributed by atoms with E-state index in [9.17, 15) is 47.9 Å². The first-order chi connectivity index (χ1) is 37.3. The normalized spacial score (nSPS) is 15.7. The van der Waals surface area contributed by atoms with Crippen LogP contribution in [0.3, 0.4) is 0 Å². The highest BCUT2D eigenvalue weighted by molar-refractivity contribution is 6.01. The van der Waals surface area contributed by atoms with Gasteiger partial charge in [-0.1, -0.05) is 105 Å². The van der Waals surface area contributed by atoms with Crippen LogP contribution in [-0.2, 0) is 43.2 Å². The molecule has 1 heterocycles. The van der Waals surface area contributed by atoms with E-state index in [1.807, 2.05) is 54.5 Å². The number of benzene rings is 1. The molecule has 1 saturated heterocycles. The molecule has 21 heteroatoms. The van der Waals surface area contributed by atoms with Crippen molar-refractivity contribution in [3.63, 3.8) is 0 Å². The van der Waals surface area contributed by atoms with E-state index in [1.165, 1.54) is 41.5 Å². The summed E-state index contributed by atoms with van der Waals surface area (Å²) in [5, 5.41) is 28.1. The van der Waals surface area contributed by atoms with Gasteiger partial charge in [-0.15, -0.1) is 0 Å². The molecule has 10 N–H and O–H groups in total. The number of unbranched alkanes of at least 4 members (excludes halogenated alkanes) is 5. The van der Waals surface area contributed by atoms with E-state index in [0.29, 0.717) is 44.3 Å². The van der Waals surface area contributed by atoms with Crippen LogP contribution in [0, 0.1) is 17.8 Å². The van der Waals surface area contributed by atoms with Gasteiger partial charge in [-0.3, -0.25) is 47.9 Å². The highest BCUT2D eigenvalue weighted by atomic mass is 16.2. The minimum absolute atomic E-state index is 0.0254. The van der Waals surface area contributed by atoms with Gasteiger partial charge in [-0.05, 0) is 124 Å². The van der Waals surface area contributed by atoms with Gasteiger partial charge in [0.05, 0.1) is 0 Å². The number of hydrogen-bond acceptors (Lipinski definition) is 11. The third-order valence-corrected chi connectivity index (χ3v) is 13.9. The smallest absolute Gasteiger partial charge is 0.254 e. The van der Waals surface area contributed by atoms with Crippen molar-refractivity contribution in [3.05, 3.63) is 35.9 Å². The predicted octanol–water partition coefficient (Wildman–Crippen LogP) is 4.03. The molecule has 0 radical (unpaired) electrons. The maximum absolute atomic E-state index is 14.3. The lowest BCUT2D eigenvalue weighted by molar-refractivity contribution is -0.139. The summed E-state index contributed by atoms with van der Waals surface area (Å²) in [4.78, 5) is 139. The molecule has 452 valence electrons. The fourth-order valence-corrected chi connectivity index (χ4v) is 9.30. The van der Waals surface area contributed by atoms with Crippen LogP contribution < -0.4 is 53.2 Å². The van der Waals surface area contributed by atoms with Crippen LogP contribution in [0.25, 0.3) is 0 Å². The molecule has 1 fully saturated rings. The molecule has 1 aromatic carbocycles. The van der Waals surface area contributed by atoms with Crippen molar-refractivity contribution in [2.45, 2.75) is 233 Å². The number of carbonyl (C=O) groups excluding carboxylic acids is 10. The number of likely N-dealkylation sites (N-methyl/N-ethyl adjacent to an activating group) is 1. The molecule has 6 atom stereocenters. The molecule has 0 unspecified atom stereocenters. The molecule has 80 heavy (non-hydrogen) atoms. The number of carbonyl (C=O) groups is 10. The molecule has 0 bridgehead atoms. The average Bonchev–Trinajstić information content (AvgIpc) is 3.86. The average molecular weight is 1120 g/mol. The topological polar surface area (TPSA) is 294 Å². The Bertz CT molecular complexity index is 2220. The molecule has 0 aliphatic carbocycles. The number of amides is 10. The largest absolute Gasteiger partial charge is 0.354 e. The molecule has 1 aliphatic rings. The molecule has 0 saturated carbocycles. The van der Waals surface area contributed by atoms with E-state index in [1.54, 1.807) is 36.2 Å². The van der Waals surface area contributed by atoms with E-state index >= 15 is 0 Å². The van der Waals surface area contributed by atoms with Gasteiger partial charge in [0, 0.05) is 37.7 Å². The second kappa shape index (κ2) is 33.6. The van der Waals surface area contributed by atoms with Crippen LogP contribution in [0.5, 0.6) is 0 Å². The Morgan fingerprint density at radius 2 is 1.05 bits per heavy atom. The summed E-state index contributed by atoms with van der Waals surface area (Å²) in [6.07, 6.45) is 7.54. The van der Waals surface area contributed by atoms with Crippen LogP contribution >= 0.6 is 0 Å². The lowest BCUT2D eigenvalue weighted by Gasteiger charge is -2.34. The number of hydrogen-bond donors (Lipinski definition) is 10. The maximum atomic E-state index is 14.3. The fraction of sp³-hybridized carbons (Fsp3) is 0.729. The third-order valence-electron chi connectivity index (χ3n) is 13.9. The summed E-state index contributed by atoms with van der Waals surface area (Å²) in [6, 6.07) is 3.39. The van der Waals surface area contributed by atoms with Crippen molar-refractivity contribution in [2.24, 2.45) is 17.8 Å². The van der Waals surface area contributed by atoms with Crippen LogP contribution in [0.2, 0.25) is 0 Å². The molecular formula is C59H101N11O10.